The Hall–Kier alpha value is -4.22. The van der Waals surface area contributed by atoms with Crippen molar-refractivity contribution in [2.24, 2.45) is 4.99 Å². The van der Waals surface area contributed by atoms with Crippen LogP contribution in [0.3, 0.4) is 0 Å². The third kappa shape index (κ3) is 3.45. The van der Waals surface area contributed by atoms with Gasteiger partial charge in [0.15, 0.2) is 18.1 Å². The number of nitrogens with two attached hydrogens (primary N) is 1. The standard InChI is InChI=1S/C18H17N7O5/c1-29-14-11(30-8-12(26)27)3-2-10-13(14)23-18(25-5-4-20-15(10)25)24-16(28)9-6-21-17(19)22-7-9/h2-3,6-7,20H,4-5,8H2,1H3,(H,26,27)(H2,19,21,22). The van der Waals surface area contributed by atoms with Gasteiger partial charge in [-0.1, -0.05) is 0 Å². The summed E-state index contributed by atoms with van der Waals surface area (Å²) in [6.07, 6.45) is 2.58. The number of nitrogens with one attached hydrogen (secondary N) is 1. The monoisotopic (exact) mass is 411 g/mol. The molecule has 1 aliphatic rings. The zero-order valence-electron chi connectivity index (χ0n) is 15.8. The predicted octanol–water partition coefficient (Wildman–Crippen LogP) is 0.0471. The lowest BCUT2D eigenvalue weighted by Gasteiger charge is -2.14. The van der Waals surface area contributed by atoms with Crippen LogP contribution in [0, 0.1) is 0 Å². The van der Waals surface area contributed by atoms with Crippen LogP contribution in [-0.4, -0.2) is 56.8 Å². The Balaban J connectivity index is 1.88. The van der Waals surface area contributed by atoms with E-state index in [9.17, 15) is 9.59 Å². The molecular weight excluding hydrogens is 394 g/mol. The van der Waals surface area contributed by atoms with E-state index in [0.29, 0.717) is 29.8 Å². The fourth-order valence-electron chi connectivity index (χ4n) is 3.09. The first kappa shape index (κ1) is 19.1. The molecule has 4 rings (SSSR count). The molecule has 30 heavy (non-hydrogen) atoms. The molecule has 2 aromatic heterocycles. The van der Waals surface area contributed by atoms with E-state index < -0.39 is 18.5 Å². The molecule has 3 aromatic rings. The number of carboxylic acids is 1. The first-order chi connectivity index (χ1) is 14.5. The van der Waals surface area contributed by atoms with E-state index in [2.05, 4.69) is 25.3 Å². The van der Waals surface area contributed by atoms with E-state index in [-0.39, 0.29) is 28.6 Å². The Bertz CT molecular complexity index is 1220. The molecule has 0 saturated carbocycles. The normalized spacial score (nSPS) is 13.0. The van der Waals surface area contributed by atoms with Gasteiger partial charge in [-0.25, -0.2) is 19.7 Å². The number of fused-ring (bicyclic) bond motifs is 3. The van der Waals surface area contributed by atoms with Crippen molar-refractivity contribution in [1.29, 1.82) is 0 Å². The molecule has 0 unspecified atom stereocenters. The lowest BCUT2D eigenvalue weighted by molar-refractivity contribution is -0.139. The van der Waals surface area contributed by atoms with Gasteiger partial charge in [0.05, 0.1) is 12.7 Å². The molecule has 0 atom stereocenters. The van der Waals surface area contributed by atoms with Crippen LogP contribution < -0.4 is 26.1 Å². The van der Waals surface area contributed by atoms with Crippen LogP contribution in [0.5, 0.6) is 11.5 Å². The number of methoxy groups -OCH3 is 1. The Morgan fingerprint density at radius 3 is 2.80 bits per heavy atom. The number of ether oxygens (including phenoxy) is 2. The molecule has 0 saturated heterocycles. The van der Waals surface area contributed by atoms with Crippen LogP contribution in [0.25, 0.3) is 10.9 Å². The summed E-state index contributed by atoms with van der Waals surface area (Å²) in [5.74, 6) is -0.488. The summed E-state index contributed by atoms with van der Waals surface area (Å²) in [4.78, 5) is 39.7. The van der Waals surface area contributed by atoms with Gasteiger partial charge in [0, 0.05) is 30.9 Å². The highest BCUT2D eigenvalue weighted by molar-refractivity contribution is 5.96. The molecule has 0 spiro atoms. The fourth-order valence-corrected chi connectivity index (χ4v) is 3.09. The maximum absolute atomic E-state index is 12.6. The molecule has 12 nitrogen and oxygen atoms in total. The number of hydrogen-bond acceptors (Lipinski definition) is 9. The summed E-state index contributed by atoms with van der Waals surface area (Å²) >= 11 is 0. The lowest BCUT2D eigenvalue weighted by Crippen LogP contribution is -2.25. The van der Waals surface area contributed by atoms with Crippen molar-refractivity contribution in [2.45, 2.75) is 6.54 Å². The summed E-state index contributed by atoms with van der Waals surface area (Å²) in [6.45, 7) is 0.650. The van der Waals surface area contributed by atoms with Crippen molar-refractivity contribution in [3.05, 3.63) is 35.7 Å². The molecule has 0 fully saturated rings. The van der Waals surface area contributed by atoms with Crippen molar-refractivity contribution >= 4 is 34.5 Å². The molecular formula is C18H17N7O5. The number of hydrogen-bond donors (Lipinski definition) is 3. The van der Waals surface area contributed by atoms with Gasteiger partial charge in [0.1, 0.15) is 11.3 Å². The van der Waals surface area contributed by atoms with Gasteiger partial charge in [0.2, 0.25) is 11.6 Å². The maximum atomic E-state index is 12.6. The summed E-state index contributed by atoms with van der Waals surface area (Å²) in [5.41, 5.74) is 6.14. The minimum Gasteiger partial charge on any atom is -0.491 e. The molecule has 0 radical (unpaired) electrons. The molecule has 1 aromatic carbocycles. The zero-order chi connectivity index (χ0) is 21.3. The number of benzene rings is 1. The van der Waals surface area contributed by atoms with Gasteiger partial charge in [0.25, 0.3) is 5.91 Å². The third-order valence-electron chi connectivity index (χ3n) is 4.38. The molecule has 4 N–H and O–H groups in total. The van der Waals surface area contributed by atoms with Gasteiger partial charge < -0.3 is 25.6 Å². The van der Waals surface area contributed by atoms with Gasteiger partial charge in [-0.3, -0.25) is 9.36 Å². The second-order valence-corrected chi connectivity index (χ2v) is 6.26. The fraction of sp³-hybridized carbons (Fsp3) is 0.222. The van der Waals surface area contributed by atoms with Gasteiger partial charge in [-0.15, -0.1) is 0 Å². The average Bonchev–Trinajstić information content (AvgIpc) is 3.22. The van der Waals surface area contributed by atoms with Crippen molar-refractivity contribution in [3.8, 4) is 11.5 Å². The van der Waals surface area contributed by atoms with Crippen LogP contribution in [-0.2, 0) is 11.3 Å². The number of carbonyl (C=O) groups excluding carboxylic acids is 1. The highest BCUT2D eigenvalue weighted by Gasteiger charge is 2.21. The third-order valence-corrected chi connectivity index (χ3v) is 4.38. The molecule has 1 amide bonds. The molecule has 0 bridgehead atoms. The topological polar surface area (TPSA) is 167 Å². The van der Waals surface area contributed by atoms with Crippen molar-refractivity contribution in [1.82, 2.24) is 19.5 Å². The predicted molar refractivity (Wildman–Crippen MR) is 104 cm³/mol. The van der Waals surface area contributed by atoms with Crippen LogP contribution >= 0.6 is 0 Å². The van der Waals surface area contributed by atoms with Crippen LogP contribution in [0.1, 0.15) is 10.4 Å². The van der Waals surface area contributed by atoms with Crippen LogP contribution in [0.2, 0.25) is 0 Å². The van der Waals surface area contributed by atoms with Crippen molar-refractivity contribution in [3.63, 3.8) is 0 Å². The van der Waals surface area contributed by atoms with E-state index in [1.54, 1.807) is 16.7 Å². The Labute approximate surface area is 169 Å². The number of carboxylic acid groups (broad SMARTS) is 1. The van der Waals surface area contributed by atoms with Crippen molar-refractivity contribution < 1.29 is 24.2 Å². The second kappa shape index (κ2) is 7.66. The quantitative estimate of drug-likeness (QED) is 0.522. The summed E-state index contributed by atoms with van der Waals surface area (Å²) in [5, 5.41) is 12.8. The number of nitrogen functional groups attached to an aromatic ring is 1. The maximum Gasteiger partial charge on any atom is 0.341 e. The Kier molecular flexibility index (Phi) is 4.88. The summed E-state index contributed by atoms with van der Waals surface area (Å²) in [6, 6.07) is 3.35. The number of amides is 1. The average molecular weight is 411 g/mol. The Morgan fingerprint density at radius 2 is 2.10 bits per heavy atom. The highest BCUT2D eigenvalue weighted by Crippen LogP contribution is 2.37. The van der Waals surface area contributed by atoms with E-state index in [4.69, 9.17) is 20.3 Å². The minimum absolute atomic E-state index is 0.0495. The first-order valence-electron chi connectivity index (χ1n) is 8.84. The van der Waals surface area contributed by atoms with Gasteiger partial charge in [-0.05, 0) is 12.1 Å². The van der Waals surface area contributed by atoms with E-state index in [1.165, 1.54) is 19.5 Å². The van der Waals surface area contributed by atoms with Gasteiger partial charge in [-0.2, -0.15) is 4.99 Å². The lowest BCUT2D eigenvalue weighted by atomic mass is 10.2. The summed E-state index contributed by atoms with van der Waals surface area (Å²) < 4.78 is 12.5. The Morgan fingerprint density at radius 1 is 1.33 bits per heavy atom. The summed E-state index contributed by atoms with van der Waals surface area (Å²) in [7, 11) is 1.42. The van der Waals surface area contributed by atoms with Crippen LogP contribution in [0.4, 0.5) is 11.8 Å². The second-order valence-electron chi connectivity index (χ2n) is 6.26. The number of aliphatic carboxylic acids is 1. The van der Waals surface area contributed by atoms with Gasteiger partial charge >= 0.3 is 5.97 Å². The molecule has 0 aliphatic carbocycles. The number of nitrogens with zero attached hydrogens (tertiary/aromatic N) is 5. The molecule has 12 heteroatoms. The minimum atomic E-state index is -1.12. The number of aromatic nitrogens is 4. The first-order valence-corrected chi connectivity index (χ1v) is 8.84. The number of anilines is 2. The van der Waals surface area contributed by atoms with E-state index in [1.807, 2.05) is 0 Å². The zero-order valence-corrected chi connectivity index (χ0v) is 15.8. The highest BCUT2D eigenvalue weighted by atomic mass is 16.5. The molecule has 154 valence electrons. The number of rotatable bonds is 5. The van der Waals surface area contributed by atoms with Crippen LogP contribution in [0.15, 0.2) is 29.5 Å². The SMILES string of the molecule is COc1c(OCC(=O)O)ccc2c3n(c(=NC(=O)c4cnc(N)nc4)nc12)CCN3. The smallest absolute Gasteiger partial charge is 0.341 e. The van der Waals surface area contributed by atoms with Crippen molar-refractivity contribution in [2.75, 3.05) is 31.3 Å². The molecule has 1 aliphatic heterocycles. The van der Waals surface area contributed by atoms with E-state index >= 15 is 0 Å². The number of carbonyl (C=O) groups is 2. The largest absolute Gasteiger partial charge is 0.491 e. The van der Waals surface area contributed by atoms with E-state index in [0.717, 1.165) is 0 Å². The molecule has 3 heterocycles.